The third-order valence-corrected chi connectivity index (χ3v) is 8.11. The minimum Gasteiger partial charge on any atom is -0.495 e. The number of piperazine rings is 1. The van der Waals surface area contributed by atoms with Gasteiger partial charge in [-0.05, 0) is 65.4 Å². The summed E-state index contributed by atoms with van der Waals surface area (Å²) in [6, 6.07) is 16.3. The fourth-order valence-corrected chi connectivity index (χ4v) is 6.11. The van der Waals surface area contributed by atoms with E-state index in [1.807, 2.05) is 41.9 Å². The van der Waals surface area contributed by atoms with Gasteiger partial charge < -0.3 is 14.6 Å². The zero-order chi connectivity index (χ0) is 26.1. The first-order chi connectivity index (χ1) is 18.6. The van der Waals surface area contributed by atoms with E-state index >= 15 is 0 Å². The number of tetrazole rings is 1. The number of aromatic nitrogens is 5. The number of pyridine rings is 1. The van der Waals surface area contributed by atoms with Gasteiger partial charge in [0, 0.05) is 37.3 Å². The lowest BCUT2D eigenvalue weighted by molar-refractivity contribution is 0.192. The summed E-state index contributed by atoms with van der Waals surface area (Å²) < 4.78 is 7.63. The number of aromatic amines is 1. The van der Waals surface area contributed by atoms with Crippen LogP contribution in [0.4, 0.5) is 5.69 Å². The summed E-state index contributed by atoms with van der Waals surface area (Å²) in [7, 11) is 1.71. The Bertz CT molecular complexity index is 1470. The van der Waals surface area contributed by atoms with Crippen LogP contribution in [0.1, 0.15) is 61.1 Å². The fourth-order valence-electron chi connectivity index (χ4n) is 6.11. The van der Waals surface area contributed by atoms with Crippen molar-refractivity contribution in [1.82, 2.24) is 30.1 Å². The average molecular weight is 514 g/mol. The van der Waals surface area contributed by atoms with Crippen molar-refractivity contribution >= 4 is 16.6 Å². The Kier molecular flexibility index (Phi) is 6.84. The Hall–Kier alpha value is -3.72. The summed E-state index contributed by atoms with van der Waals surface area (Å²) in [5, 5.41) is 14.2. The van der Waals surface area contributed by atoms with E-state index in [2.05, 4.69) is 48.5 Å². The molecule has 0 bridgehead atoms. The van der Waals surface area contributed by atoms with Gasteiger partial charge >= 0.3 is 0 Å². The second-order valence-corrected chi connectivity index (χ2v) is 10.5. The van der Waals surface area contributed by atoms with Crippen LogP contribution in [-0.4, -0.2) is 63.4 Å². The Morgan fingerprint density at radius 2 is 1.79 bits per heavy atom. The standard InChI is InChI=1S/C29H35N7O2/c1-20-12-13-21-19-23(29(37)30-24(21)18-20)27(28-31-32-33-36(28)22-8-4-3-5-9-22)35-16-14-34(15-17-35)25-10-6-7-11-26(25)38-2/h6-7,10-13,18-19,22,27H,3-5,8-9,14-17H2,1-2H3,(H,30,37). The van der Waals surface area contributed by atoms with Crippen molar-refractivity contribution in [2.75, 3.05) is 38.2 Å². The van der Waals surface area contributed by atoms with Crippen LogP contribution in [0.3, 0.4) is 0 Å². The molecule has 2 aliphatic rings. The highest BCUT2D eigenvalue weighted by Crippen LogP contribution is 2.35. The number of fused-ring (bicyclic) bond motifs is 1. The van der Waals surface area contributed by atoms with E-state index in [-0.39, 0.29) is 17.6 Å². The number of anilines is 1. The van der Waals surface area contributed by atoms with E-state index in [1.54, 1.807) is 7.11 Å². The molecule has 0 amide bonds. The van der Waals surface area contributed by atoms with Crippen LogP contribution < -0.4 is 15.2 Å². The third-order valence-electron chi connectivity index (χ3n) is 8.11. The highest BCUT2D eigenvalue weighted by molar-refractivity contribution is 5.79. The van der Waals surface area contributed by atoms with Crippen molar-refractivity contribution in [3.05, 3.63) is 75.8 Å². The summed E-state index contributed by atoms with van der Waals surface area (Å²) in [5.74, 6) is 1.64. The number of rotatable bonds is 6. The van der Waals surface area contributed by atoms with Gasteiger partial charge in [0.1, 0.15) is 11.8 Å². The molecular weight excluding hydrogens is 478 g/mol. The normalized spacial score (nSPS) is 18.1. The Morgan fingerprint density at radius 3 is 2.58 bits per heavy atom. The molecule has 1 saturated carbocycles. The number of para-hydroxylation sites is 2. The van der Waals surface area contributed by atoms with Crippen molar-refractivity contribution in [3.63, 3.8) is 0 Å². The van der Waals surface area contributed by atoms with Crippen molar-refractivity contribution in [2.45, 2.75) is 51.1 Å². The van der Waals surface area contributed by atoms with Crippen LogP contribution in [0.5, 0.6) is 5.75 Å². The number of methoxy groups -OCH3 is 1. The summed E-state index contributed by atoms with van der Waals surface area (Å²) in [6.07, 6.45) is 5.76. The van der Waals surface area contributed by atoms with E-state index in [4.69, 9.17) is 4.74 Å². The van der Waals surface area contributed by atoms with Crippen LogP contribution in [0, 0.1) is 6.92 Å². The SMILES string of the molecule is COc1ccccc1N1CCN(C(c2cc3ccc(C)cc3[nH]c2=O)c2nnnn2C2CCCCC2)CC1. The van der Waals surface area contributed by atoms with E-state index < -0.39 is 0 Å². The van der Waals surface area contributed by atoms with E-state index in [1.165, 1.54) is 19.3 Å². The molecule has 1 N–H and O–H groups in total. The van der Waals surface area contributed by atoms with Gasteiger partial charge in [0.05, 0.1) is 18.8 Å². The molecule has 4 aromatic rings. The van der Waals surface area contributed by atoms with Gasteiger partial charge in [0.15, 0.2) is 5.82 Å². The summed E-state index contributed by atoms with van der Waals surface area (Å²) in [6.45, 7) is 5.20. The predicted octanol–water partition coefficient (Wildman–Crippen LogP) is 4.25. The van der Waals surface area contributed by atoms with Crippen molar-refractivity contribution in [2.24, 2.45) is 0 Å². The first-order valence-electron chi connectivity index (χ1n) is 13.7. The molecule has 6 rings (SSSR count). The van der Waals surface area contributed by atoms with Gasteiger partial charge in [0.25, 0.3) is 5.56 Å². The van der Waals surface area contributed by atoms with Crippen molar-refractivity contribution < 1.29 is 4.74 Å². The van der Waals surface area contributed by atoms with Crippen LogP contribution in [0.15, 0.2) is 53.3 Å². The summed E-state index contributed by atoms with van der Waals surface area (Å²) in [4.78, 5) is 21.4. The predicted molar refractivity (Wildman–Crippen MR) is 148 cm³/mol. The number of hydrogen-bond donors (Lipinski definition) is 1. The molecule has 1 saturated heterocycles. The molecule has 9 nitrogen and oxygen atoms in total. The number of hydrogen-bond acceptors (Lipinski definition) is 7. The number of nitrogens with zero attached hydrogens (tertiary/aromatic N) is 6. The molecule has 1 aliphatic heterocycles. The van der Waals surface area contributed by atoms with Gasteiger partial charge in [-0.15, -0.1) is 5.10 Å². The first-order valence-corrected chi connectivity index (χ1v) is 13.7. The third kappa shape index (κ3) is 4.67. The summed E-state index contributed by atoms with van der Waals surface area (Å²) >= 11 is 0. The van der Waals surface area contributed by atoms with Gasteiger partial charge in [0.2, 0.25) is 0 Å². The molecule has 1 unspecified atom stereocenters. The Morgan fingerprint density at radius 1 is 1.00 bits per heavy atom. The molecule has 1 atom stereocenters. The molecule has 3 heterocycles. The largest absolute Gasteiger partial charge is 0.495 e. The number of benzene rings is 2. The van der Waals surface area contributed by atoms with Crippen LogP contribution >= 0.6 is 0 Å². The molecule has 9 heteroatoms. The van der Waals surface area contributed by atoms with Gasteiger partial charge in [-0.2, -0.15) is 0 Å². The molecule has 0 spiro atoms. The maximum atomic E-state index is 13.6. The molecular formula is C29H35N7O2. The molecule has 2 fully saturated rings. The molecule has 2 aromatic carbocycles. The summed E-state index contributed by atoms with van der Waals surface area (Å²) in [5.41, 5.74) is 3.67. The van der Waals surface area contributed by atoms with Crippen LogP contribution in [0.25, 0.3) is 10.9 Å². The molecule has 198 valence electrons. The molecule has 2 aromatic heterocycles. The number of ether oxygens (including phenoxy) is 1. The quantitative estimate of drug-likeness (QED) is 0.412. The minimum absolute atomic E-state index is 0.0848. The Labute approximate surface area is 222 Å². The number of H-pyrrole nitrogens is 1. The lowest BCUT2D eigenvalue weighted by Gasteiger charge is -2.40. The first kappa shape index (κ1) is 24.6. The van der Waals surface area contributed by atoms with Crippen molar-refractivity contribution in [3.8, 4) is 5.75 Å². The highest BCUT2D eigenvalue weighted by Gasteiger charge is 2.34. The number of aryl methyl sites for hydroxylation is 1. The van der Waals surface area contributed by atoms with E-state index in [0.717, 1.165) is 72.7 Å². The second-order valence-electron chi connectivity index (χ2n) is 10.5. The number of nitrogens with one attached hydrogen (secondary N) is 1. The maximum absolute atomic E-state index is 13.6. The fraction of sp³-hybridized carbons (Fsp3) is 0.448. The maximum Gasteiger partial charge on any atom is 0.253 e. The molecule has 0 radical (unpaired) electrons. The Balaban J connectivity index is 1.38. The lowest BCUT2D eigenvalue weighted by atomic mass is 9.95. The van der Waals surface area contributed by atoms with Gasteiger partial charge in [-0.25, -0.2) is 4.68 Å². The van der Waals surface area contributed by atoms with Crippen LogP contribution in [0.2, 0.25) is 0 Å². The minimum atomic E-state index is -0.332. The lowest BCUT2D eigenvalue weighted by Crippen LogP contribution is -2.49. The smallest absolute Gasteiger partial charge is 0.253 e. The van der Waals surface area contributed by atoms with Crippen LogP contribution in [-0.2, 0) is 0 Å². The monoisotopic (exact) mass is 513 g/mol. The van der Waals surface area contributed by atoms with Gasteiger partial charge in [-0.3, -0.25) is 9.69 Å². The topological polar surface area (TPSA) is 92.2 Å². The van der Waals surface area contributed by atoms with E-state index in [9.17, 15) is 4.79 Å². The highest BCUT2D eigenvalue weighted by atomic mass is 16.5. The average Bonchev–Trinajstić information content (AvgIpc) is 3.44. The van der Waals surface area contributed by atoms with Gasteiger partial charge in [-0.1, -0.05) is 43.5 Å². The zero-order valence-electron chi connectivity index (χ0n) is 22.1. The zero-order valence-corrected chi connectivity index (χ0v) is 22.1. The van der Waals surface area contributed by atoms with Crippen molar-refractivity contribution in [1.29, 1.82) is 0 Å². The molecule has 1 aliphatic carbocycles. The van der Waals surface area contributed by atoms with E-state index in [0.29, 0.717) is 5.56 Å². The molecule has 38 heavy (non-hydrogen) atoms. The second kappa shape index (κ2) is 10.6.